The molecule has 1 unspecified atom stereocenters. The molecule has 0 fully saturated rings. The second-order valence-electron chi connectivity index (χ2n) is 4.65. The van der Waals surface area contributed by atoms with E-state index in [4.69, 9.17) is 0 Å². The van der Waals surface area contributed by atoms with Crippen LogP contribution in [0.1, 0.15) is 34.1 Å². The molecule has 90 valence electrons. The highest BCUT2D eigenvalue weighted by atomic mass is 15.1. The Kier molecular flexibility index (Phi) is 8.73. The molecule has 0 heterocycles. The Hall–Kier alpha value is -0.340. The first kappa shape index (κ1) is 14.7. The van der Waals surface area contributed by atoms with Crippen molar-refractivity contribution < 1.29 is 0 Å². The highest BCUT2D eigenvalue weighted by Gasteiger charge is 2.11. The number of rotatable bonds is 9. The van der Waals surface area contributed by atoms with E-state index in [0.29, 0.717) is 12.0 Å². The van der Waals surface area contributed by atoms with Crippen LogP contribution >= 0.6 is 0 Å². The lowest BCUT2D eigenvalue weighted by atomic mass is 10.1. The summed E-state index contributed by atoms with van der Waals surface area (Å²) >= 11 is 0. The topological polar surface area (TPSA) is 15.3 Å². The zero-order valence-corrected chi connectivity index (χ0v) is 10.9. The standard InChI is InChI=1S/C13H28N2/c1-6-8-14-10-13(5)11-15(9-7-2)12(3)4/h7,12-14H,2,6,8-11H2,1,3-5H3. The minimum absolute atomic E-state index is 0.608. The van der Waals surface area contributed by atoms with Crippen LogP contribution in [-0.4, -0.2) is 37.1 Å². The van der Waals surface area contributed by atoms with Gasteiger partial charge in [0.15, 0.2) is 0 Å². The smallest absolute Gasteiger partial charge is 0.0163 e. The van der Waals surface area contributed by atoms with Crippen molar-refractivity contribution in [2.45, 2.75) is 40.2 Å². The lowest BCUT2D eigenvalue weighted by Gasteiger charge is -2.28. The van der Waals surface area contributed by atoms with Gasteiger partial charge in [-0.15, -0.1) is 6.58 Å². The molecule has 0 radical (unpaired) electrons. The minimum atomic E-state index is 0.608. The fourth-order valence-corrected chi connectivity index (χ4v) is 1.65. The van der Waals surface area contributed by atoms with Gasteiger partial charge in [0.25, 0.3) is 0 Å². The Morgan fingerprint density at radius 3 is 2.47 bits per heavy atom. The van der Waals surface area contributed by atoms with E-state index in [0.717, 1.165) is 26.2 Å². The summed E-state index contributed by atoms with van der Waals surface area (Å²) in [5, 5.41) is 3.47. The normalized spacial score (nSPS) is 13.5. The second-order valence-corrected chi connectivity index (χ2v) is 4.65. The van der Waals surface area contributed by atoms with Crippen molar-refractivity contribution in [1.29, 1.82) is 0 Å². The third-order valence-electron chi connectivity index (χ3n) is 2.56. The second kappa shape index (κ2) is 8.93. The maximum Gasteiger partial charge on any atom is 0.0163 e. The fourth-order valence-electron chi connectivity index (χ4n) is 1.65. The summed E-state index contributed by atoms with van der Waals surface area (Å²) in [5.41, 5.74) is 0. The van der Waals surface area contributed by atoms with Crippen LogP contribution in [0.5, 0.6) is 0 Å². The Bertz CT molecular complexity index is 155. The van der Waals surface area contributed by atoms with E-state index in [1.165, 1.54) is 6.42 Å². The van der Waals surface area contributed by atoms with Crippen molar-refractivity contribution in [1.82, 2.24) is 10.2 Å². The molecule has 1 atom stereocenters. The molecule has 0 rings (SSSR count). The van der Waals surface area contributed by atoms with Crippen LogP contribution in [0.25, 0.3) is 0 Å². The maximum absolute atomic E-state index is 3.81. The first-order valence-electron chi connectivity index (χ1n) is 6.17. The first-order valence-corrected chi connectivity index (χ1v) is 6.17. The van der Waals surface area contributed by atoms with Crippen LogP contribution in [0.4, 0.5) is 0 Å². The SMILES string of the molecule is C=CCN(CC(C)CNCCC)C(C)C. The van der Waals surface area contributed by atoms with Gasteiger partial charge in [-0.1, -0.05) is 19.9 Å². The zero-order chi connectivity index (χ0) is 11.7. The molecule has 0 aromatic carbocycles. The molecule has 0 saturated heterocycles. The lowest BCUT2D eigenvalue weighted by Crippen LogP contribution is -2.37. The van der Waals surface area contributed by atoms with Gasteiger partial charge in [0.1, 0.15) is 0 Å². The van der Waals surface area contributed by atoms with Gasteiger partial charge in [-0.05, 0) is 39.3 Å². The van der Waals surface area contributed by atoms with Crippen molar-refractivity contribution in [2.75, 3.05) is 26.2 Å². The van der Waals surface area contributed by atoms with Crippen LogP contribution in [0.15, 0.2) is 12.7 Å². The predicted octanol–water partition coefficient (Wildman–Crippen LogP) is 2.52. The van der Waals surface area contributed by atoms with Crippen LogP contribution in [-0.2, 0) is 0 Å². The van der Waals surface area contributed by atoms with E-state index in [-0.39, 0.29) is 0 Å². The average molecular weight is 212 g/mol. The molecule has 1 N–H and O–H groups in total. The number of nitrogens with one attached hydrogen (secondary N) is 1. The van der Waals surface area contributed by atoms with Gasteiger partial charge < -0.3 is 5.32 Å². The van der Waals surface area contributed by atoms with E-state index < -0.39 is 0 Å². The van der Waals surface area contributed by atoms with Crippen molar-refractivity contribution in [3.63, 3.8) is 0 Å². The van der Waals surface area contributed by atoms with Crippen molar-refractivity contribution >= 4 is 0 Å². The quantitative estimate of drug-likeness (QED) is 0.467. The maximum atomic E-state index is 3.81. The lowest BCUT2D eigenvalue weighted by molar-refractivity contribution is 0.211. The molecular formula is C13H28N2. The van der Waals surface area contributed by atoms with Gasteiger partial charge in [-0.2, -0.15) is 0 Å². The van der Waals surface area contributed by atoms with Crippen LogP contribution in [0, 0.1) is 5.92 Å². The molecule has 0 saturated carbocycles. The summed E-state index contributed by atoms with van der Waals surface area (Å²) in [6.07, 6.45) is 3.21. The number of hydrogen-bond donors (Lipinski definition) is 1. The molecule has 0 aliphatic carbocycles. The van der Waals surface area contributed by atoms with Crippen LogP contribution in [0.3, 0.4) is 0 Å². The predicted molar refractivity (Wildman–Crippen MR) is 69.2 cm³/mol. The molecule has 15 heavy (non-hydrogen) atoms. The Labute approximate surface area is 95.7 Å². The molecule has 0 spiro atoms. The number of hydrogen-bond acceptors (Lipinski definition) is 2. The molecule has 0 bridgehead atoms. The summed E-state index contributed by atoms with van der Waals surface area (Å²) in [7, 11) is 0. The first-order chi connectivity index (χ1) is 7.11. The summed E-state index contributed by atoms with van der Waals surface area (Å²) in [6, 6.07) is 0.608. The molecule has 0 aliphatic rings. The van der Waals surface area contributed by atoms with E-state index in [2.05, 4.69) is 44.5 Å². The number of nitrogens with zero attached hydrogens (tertiary/aromatic N) is 1. The van der Waals surface area contributed by atoms with Crippen molar-refractivity contribution in [3.8, 4) is 0 Å². The largest absolute Gasteiger partial charge is 0.316 e. The molecule has 2 nitrogen and oxygen atoms in total. The van der Waals surface area contributed by atoms with Crippen molar-refractivity contribution in [3.05, 3.63) is 12.7 Å². The monoisotopic (exact) mass is 212 g/mol. The molecule has 0 amide bonds. The van der Waals surface area contributed by atoms with E-state index in [1.54, 1.807) is 0 Å². The van der Waals surface area contributed by atoms with Gasteiger partial charge >= 0.3 is 0 Å². The van der Waals surface area contributed by atoms with Crippen LogP contribution < -0.4 is 5.32 Å². The van der Waals surface area contributed by atoms with Crippen LogP contribution in [0.2, 0.25) is 0 Å². The van der Waals surface area contributed by atoms with Crippen molar-refractivity contribution in [2.24, 2.45) is 5.92 Å². The summed E-state index contributed by atoms with van der Waals surface area (Å²) in [4.78, 5) is 2.46. The zero-order valence-electron chi connectivity index (χ0n) is 10.9. The summed E-state index contributed by atoms with van der Waals surface area (Å²) < 4.78 is 0. The average Bonchev–Trinajstić information content (AvgIpc) is 2.17. The molecule has 0 aliphatic heterocycles. The van der Waals surface area contributed by atoms with E-state index >= 15 is 0 Å². The Balaban J connectivity index is 3.77. The van der Waals surface area contributed by atoms with E-state index in [9.17, 15) is 0 Å². The van der Waals surface area contributed by atoms with Gasteiger partial charge in [-0.3, -0.25) is 4.90 Å². The molecular weight excluding hydrogens is 184 g/mol. The molecule has 0 aromatic heterocycles. The van der Waals surface area contributed by atoms with E-state index in [1.807, 2.05) is 6.08 Å². The van der Waals surface area contributed by atoms with Gasteiger partial charge in [0, 0.05) is 19.1 Å². The third kappa shape index (κ3) is 7.57. The fraction of sp³-hybridized carbons (Fsp3) is 0.846. The minimum Gasteiger partial charge on any atom is -0.316 e. The molecule has 0 aromatic rings. The third-order valence-corrected chi connectivity index (χ3v) is 2.56. The Morgan fingerprint density at radius 2 is 2.00 bits per heavy atom. The molecule has 2 heteroatoms. The highest BCUT2D eigenvalue weighted by molar-refractivity contribution is 4.77. The Morgan fingerprint density at radius 1 is 1.33 bits per heavy atom. The van der Waals surface area contributed by atoms with Gasteiger partial charge in [-0.25, -0.2) is 0 Å². The van der Waals surface area contributed by atoms with Gasteiger partial charge in [0.2, 0.25) is 0 Å². The summed E-state index contributed by atoms with van der Waals surface area (Å²) in [5.74, 6) is 0.707. The summed E-state index contributed by atoms with van der Waals surface area (Å²) in [6.45, 7) is 17.2. The van der Waals surface area contributed by atoms with Gasteiger partial charge in [0.05, 0.1) is 0 Å². The highest BCUT2D eigenvalue weighted by Crippen LogP contribution is 2.04.